The van der Waals surface area contributed by atoms with E-state index in [1.807, 2.05) is 13.8 Å². The van der Waals surface area contributed by atoms with Crippen LogP contribution in [0.25, 0.3) is 0 Å². The highest BCUT2D eigenvalue weighted by molar-refractivity contribution is 7.11. The lowest BCUT2D eigenvalue weighted by Gasteiger charge is -2.30. The van der Waals surface area contributed by atoms with Crippen molar-refractivity contribution in [1.29, 1.82) is 0 Å². The maximum Gasteiger partial charge on any atom is 0.424 e. The molecular weight excluding hydrogens is 393 g/mol. The summed E-state index contributed by atoms with van der Waals surface area (Å²) in [6.45, 7) is 4.62. The van der Waals surface area contributed by atoms with Gasteiger partial charge in [-0.15, -0.1) is 11.3 Å². The van der Waals surface area contributed by atoms with Gasteiger partial charge in [0.1, 0.15) is 10.8 Å². The van der Waals surface area contributed by atoms with Crippen LogP contribution < -0.4 is 10.6 Å². The van der Waals surface area contributed by atoms with Crippen LogP contribution in [0.5, 0.6) is 0 Å². The summed E-state index contributed by atoms with van der Waals surface area (Å²) in [4.78, 5) is 13.5. The van der Waals surface area contributed by atoms with Gasteiger partial charge in [-0.05, 0) is 13.3 Å². The maximum atomic E-state index is 13.5. The van der Waals surface area contributed by atoms with Crippen LogP contribution in [0.2, 0.25) is 0 Å². The molecule has 2 aromatic rings. The molecule has 7 nitrogen and oxygen atoms in total. The number of imidazole rings is 1. The Bertz CT molecular complexity index is 788. The first-order valence-corrected chi connectivity index (χ1v) is 9.75. The van der Waals surface area contributed by atoms with E-state index in [9.17, 15) is 18.3 Å². The van der Waals surface area contributed by atoms with E-state index in [1.54, 1.807) is 17.5 Å². The molecule has 1 atom stereocenters. The molecule has 0 saturated carbocycles. The van der Waals surface area contributed by atoms with E-state index in [-0.39, 0.29) is 6.54 Å². The molecule has 0 aliphatic heterocycles. The van der Waals surface area contributed by atoms with Gasteiger partial charge in [-0.25, -0.2) is 15.0 Å². The number of nitrogens with zero attached hydrogens (tertiary/aromatic N) is 4. The van der Waals surface area contributed by atoms with Crippen molar-refractivity contribution >= 4 is 17.3 Å². The second-order valence-corrected chi connectivity index (χ2v) is 7.37. The molecule has 0 amide bonds. The Kier molecular flexibility index (Phi) is 7.41. The van der Waals surface area contributed by atoms with Gasteiger partial charge in [0.15, 0.2) is 5.96 Å². The van der Waals surface area contributed by atoms with Crippen molar-refractivity contribution in [3.05, 3.63) is 34.3 Å². The smallest absolute Gasteiger partial charge is 0.374 e. The molecule has 11 heteroatoms. The molecule has 28 heavy (non-hydrogen) atoms. The van der Waals surface area contributed by atoms with E-state index in [0.29, 0.717) is 19.0 Å². The van der Waals surface area contributed by atoms with Crippen molar-refractivity contribution < 1.29 is 18.3 Å². The van der Waals surface area contributed by atoms with Crippen LogP contribution in [0.15, 0.2) is 23.6 Å². The molecule has 156 valence electrons. The molecule has 0 aromatic carbocycles. The number of alkyl halides is 3. The summed E-state index contributed by atoms with van der Waals surface area (Å²) in [6.07, 6.45) is -0.189. The van der Waals surface area contributed by atoms with Gasteiger partial charge in [0.2, 0.25) is 5.60 Å². The Labute approximate surface area is 165 Å². The topological polar surface area (TPSA) is 87.4 Å². The molecule has 2 heterocycles. The zero-order valence-corrected chi connectivity index (χ0v) is 16.9. The van der Waals surface area contributed by atoms with E-state index in [1.165, 1.54) is 24.0 Å². The number of hydrogen-bond donors (Lipinski definition) is 3. The van der Waals surface area contributed by atoms with Crippen molar-refractivity contribution in [2.45, 2.75) is 45.0 Å². The second kappa shape index (κ2) is 9.37. The Balaban J connectivity index is 2.05. The highest BCUT2D eigenvalue weighted by Crippen LogP contribution is 2.40. The number of aliphatic hydroxyl groups is 1. The van der Waals surface area contributed by atoms with Gasteiger partial charge >= 0.3 is 6.18 Å². The highest BCUT2D eigenvalue weighted by atomic mass is 32.1. The minimum Gasteiger partial charge on any atom is -0.374 e. The summed E-state index contributed by atoms with van der Waals surface area (Å²) in [6, 6.07) is 0. The third-order valence-corrected chi connectivity index (χ3v) is 5.23. The van der Waals surface area contributed by atoms with E-state index < -0.39 is 24.0 Å². The number of hydrogen-bond acceptors (Lipinski definition) is 5. The Morgan fingerprint density at radius 2 is 2.04 bits per heavy atom. The van der Waals surface area contributed by atoms with Gasteiger partial charge in [-0.3, -0.25) is 0 Å². The molecule has 3 N–H and O–H groups in total. The summed E-state index contributed by atoms with van der Waals surface area (Å²) in [7, 11) is 1.41. The lowest BCUT2D eigenvalue weighted by Crippen LogP contribution is -2.47. The van der Waals surface area contributed by atoms with Gasteiger partial charge in [0.05, 0.1) is 6.54 Å². The fraction of sp³-hybridized carbons (Fsp3) is 0.588. The van der Waals surface area contributed by atoms with Gasteiger partial charge < -0.3 is 20.3 Å². The van der Waals surface area contributed by atoms with Crippen molar-refractivity contribution in [2.75, 3.05) is 13.1 Å². The molecule has 0 radical (unpaired) electrons. The number of rotatable bonds is 8. The van der Waals surface area contributed by atoms with Gasteiger partial charge in [0.25, 0.3) is 0 Å². The monoisotopic (exact) mass is 418 g/mol. The van der Waals surface area contributed by atoms with Crippen LogP contribution in [0.3, 0.4) is 0 Å². The maximum absolute atomic E-state index is 13.5. The molecule has 0 spiro atoms. The van der Waals surface area contributed by atoms with Crippen LogP contribution in [0, 0.1) is 0 Å². The SMILES string of the molecule is CCNC(=NCc1ncc(CC)s1)NCCC(O)(c1nccn1C)C(F)(F)F. The predicted octanol–water partition coefficient (Wildman–Crippen LogP) is 2.33. The van der Waals surface area contributed by atoms with Crippen LogP contribution in [-0.4, -0.2) is 44.9 Å². The third-order valence-electron chi connectivity index (χ3n) is 4.11. The quantitative estimate of drug-likeness (QED) is 0.453. The first-order chi connectivity index (χ1) is 13.2. The molecular formula is C17H25F3N6OS. The standard InChI is InChI=1S/C17H25F3N6OS/c1-4-12-10-24-13(28-12)11-25-15(21-5-2)23-7-6-16(27,17(18,19)20)14-22-8-9-26(14)3/h8-10,27H,4-7,11H2,1-3H3,(H2,21,23,25). The molecule has 0 fully saturated rings. The minimum absolute atomic E-state index is 0.146. The molecule has 0 saturated heterocycles. The van der Waals surface area contributed by atoms with Crippen molar-refractivity contribution in [3.8, 4) is 0 Å². The lowest BCUT2D eigenvalue weighted by atomic mass is 9.97. The van der Waals surface area contributed by atoms with Crippen LogP contribution in [0.4, 0.5) is 13.2 Å². The zero-order chi connectivity index (χ0) is 20.8. The second-order valence-electron chi connectivity index (χ2n) is 6.17. The van der Waals surface area contributed by atoms with Crippen LogP contribution in [-0.2, 0) is 25.6 Å². The Morgan fingerprint density at radius 1 is 1.29 bits per heavy atom. The lowest BCUT2D eigenvalue weighted by molar-refractivity contribution is -0.272. The summed E-state index contributed by atoms with van der Waals surface area (Å²) >= 11 is 1.55. The summed E-state index contributed by atoms with van der Waals surface area (Å²) < 4.78 is 41.8. The van der Waals surface area contributed by atoms with Gasteiger partial charge in [0, 0.05) is 50.0 Å². The van der Waals surface area contributed by atoms with E-state index in [4.69, 9.17) is 0 Å². The fourth-order valence-electron chi connectivity index (χ4n) is 2.58. The molecule has 2 rings (SSSR count). The normalized spacial score (nSPS) is 14.8. The van der Waals surface area contributed by atoms with Crippen LogP contribution in [0.1, 0.15) is 36.0 Å². The average molecular weight is 418 g/mol. The number of aryl methyl sites for hydroxylation is 2. The summed E-state index contributed by atoms with van der Waals surface area (Å²) in [5, 5.41) is 17.0. The minimum atomic E-state index is -4.86. The largest absolute Gasteiger partial charge is 0.424 e. The van der Waals surface area contributed by atoms with E-state index >= 15 is 0 Å². The van der Waals surface area contributed by atoms with Crippen molar-refractivity contribution in [3.63, 3.8) is 0 Å². The Hall–Kier alpha value is -2.14. The third kappa shape index (κ3) is 5.22. The van der Waals surface area contributed by atoms with Crippen molar-refractivity contribution in [2.24, 2.45) is 12.0 Å². The number of guanidine groups is 1. The number of aromatic nitrogens is 3. The highest BCUT2D eigenvalue weighted by Gasteiger charge is 2.57. The number of thiazole rings is 1. The van der Waals surface area contributed by atoms with Gasteiger partial charge in [-0.2, -0.15) is 13.2 Å². The predicted molar refractivity (Wildman–Crippen MR) is 102 cm³/mol. The number of nitrogens with one attached hydrogen (secondary N) is 2. The first-order valence-electron chi connectivity index (χ1n) is 8.94. The summed E-state index contributed by atoms with van der Waals surface area (Å²) in [5.74, 6) is -0.0845. The first kappa shape index (κ1) is 22.2. The van der Waals surface area contributed by atoms with E-state index in [0.717, 1.165) is 16.3 Å². The summed E-state index contributed by atoms with van der Waals surface area (Å²) in [5.41, 5.74) is -3.05. The van der Waals surface area contributed by atoms with E-state index in [2.05, 4.69) is 25.6 Å². The zero-order valence-electron chi connectivity index (χ0n) is 16.0. The van der Waals surface area contributed by atoms with Crippen LogP contribution >= 0.6 is 11.3 Å². The Morgan fingerprint density at radius 3 is 2.57 bits per heavy atom. The molecule has 0 aliphatic carbocycles. The molecule has 1 unspecified atom stereocenters. The number of halogens is 3. The molecule has 2 aromatic heterocycles. The molecule has 0 aliphatic rings. The average Bonchev–Trinajstić information content (AvgIpc) is 3.27. The molecule has 0 bridgehead atoms. The fourth-order valence-corrected chi connectivity index (χ4v) is 3.37. The number of aliphatic imine (C=N–C) groups is 1. The van der Waals surface area contributed by atoms with Crippen molar-refractivity contribution in [1.82, 2.24) is 25.2 Å². The van der Waals surface area contributed by atoms with Gasteiger partial charge in [-0.1, -0.05) is 6.92 Å².